The van der Waals surface area contributed by atoms with Crippen LogP contribution in [0.1, 0.15) is 48.4 Å². The van der Waals surface area contributed by atoms with E-state index in [1.165, 1.54) is 0 Å². The van der Waals surface area contributed by atoms with Gasteiger partial charge in [0.1, 0.15) is 11.5 Å². The first-order valence-corrected chi connectivity index (χ1v) is 11.0. The van der Waals surface area contributed by atoms with Crippen LogP contribution in [0.3, 0.4) is 0 Å². The minimum Gasteiger partial charge on any atom is -0.392 e. The first-order valence-electron chi connectivity index (χ1n) is 11.0. The number of hydrogen-bond donors (Lipinski definition) is 1. The molecule has 1 aromatic carbocycles. The maximum absolute atomic E-state index is 13.3. The summed E-state index contributed by atoms with van der Waals surface area (Å²) >= 11 is 0. The van der Waals surface area contributed by atoms with Crippen molar-refractivity contribution in [2.24, 2.45) is 0 Å². The van der Waals surface area contributed by atoms with Crippen LogP contribution in [0.5, 0.6) is 0 Å². The predicted molar refractivity (Wildman–Crippen MR) is 117 cm³/mol. The minimum absolute atomic E-state index is 0.0443. The van der Waals surface area contributed by atoms with Crippen LogP contribution in [0.4, 0.5) is 0 Å². The van der Waals surface area contributed by atoms with Crippen molar-refractivity contribution >= 4 is 16.7 Å². The monoisotopic (exact) mass is 420 g/mol. The molecule has 2 aliphatic heterocycles. The zero-order valence-electron chi connectivity index (χ0n) is 18.0. The lowest BCUT2D eigenvalue weighted by Crippen LogP contribution is -2.35. The van der Waals surface area contributed by atoms with Gasteiger partial charge >= 0.3 is 0 Å². The normalized spacial score (nSPS) is 22.1. The highest BCUT2D eigenvalue weighted by Crippen LogP contribution is 2.33. The third-order valence-corrected chi connectivity index (χ3v) is 6.50. The molecule has 0 spiro atoms. The molecule has 8 nitrogen and oxygen atoms in total. The Morgan fingerprint density at radius 1 is 1.13 bits per heavy atom. The van der Waals surface area contributed by atoms with Gasteiger partial charge in [0.15, 0.2) is 5.82 Å². The van der Waals surface area contributed by atoms with Crippen molar-refractivity contribution in [1.82, 2.24) is 29.5 Å². The maximum Gasteiger partial charge on any atom is 0.273 e. The van der Waals surface area contributed by atoms with E-state index in [9.17, 15) is 9.90 Å². The van der Waals surface area contributed by atoms with E-state index in [4.69, 9.17) is 0 Å². The van der Waals surface area contributed by atoms with Gasteiger partial charge in [-0.1, -0.05) is 24.3 Å². The fourth-order valence-electron chi connectivity index (χ4n) is 4.90. The number of benzene rings is 1. The molecule has 1 saturated heterocycles. The van der Waals surface area contributed by atoms with E-state index in [-0.39, 0.29) is 18.1 Å². The van der Waals surface area contributed by atoms with E-state index in [1.807, 2.05) is 35.2 Å². The van der Waals surface area contributed by atoms with Crippen LogP contribution < -0.4 is 0 Å². The molecule has 0 radical (unpaired) electrons. The average molecular weight is 421 g/mol. The number of β-amino-alcohol motifs (C(OH)–C–C–N with tert-alkyl or cyclic N) is 1. The summed E-state index contributed by atoms with van der Waals surface area (Å²) in [5.74, 6) is 1.76. The number of fused-ring (bicyclic) bond motifs is 2. The highest BCUT2D eigenvalue weighted by Gasteiger charge is 2.37. The van der Waals surface area contributed by atoms with E-state index in [1.54, 1.807) is 6.20 Å². The molecule has 2 aromatic heterocycles. The lowest BCUT2D eigenvalue weighted by molar-refractivity contribution is 0.0754. The zero-order valence-corrected chi connectivity index (χ0v) is 18.0. The van der Waals surface area contributed by atoms with Gasteiger partial charge in [-0.3, -0.25) is 14.7 Å². The number of amides is 1. The molecule has 0 unspecified atom stereocenters. The van der Waals surface area contributed by atoms with Gasteiger partial charge in [-0.25, -0.2) is 0 Å². The molecule has 1 amide bonds. The summed E-state index contributed by atoms with van der Waals surface area (Å²) in [5, 5.41) is 21.1. The van der Waals surface area contributed by atoms with Crippen LogP contribution in [0.25, 0.3) is 10.8 Å². The fourth-order valence-corrected chi connectivity index (χ4v) is 4.90. The number of carbonyl (C=O) groups is 1. The lowest BCUT2D eigenvalue weighted by atomic mass is 10.1. The number of aromatic nitrogens is 4. The third-order valence-electron chi connectivity index (χ3n) is 6.50. The number of likely N-dealkylation sites (tertiary alicyclic amines) is 1. The molecule has 162 valence electrons. The molecule has 0 aliphatic carbocycles. The van der Waals surface area contributed by atoms with Crippen LogP contribution in [0, 0.1) is 0 Å². The molecule has 0 saturated carbocycles. The van der Waals surface area contributed by atoms with Crippen LogP contribution in [0.2, 0.25) is 0 Å². The Morgan fingerprint density at radius 3 is 2.81 bits per heavy atom. The standard InChI is InChI=1S/C23H28N6O2/c1-15(2)29-14-17(30)13-19(29)22-26-25-20-8-10-27(11-12-28(20)22)23(31)21-18-6-4-3-5-16(18)7-9-24-21/h3-7,9,15,17,19,30H,8,10-14H2,1-2H3/t17-,19+/m1/s1. The molecule has 31 heavy (non-hydrogen) atoms. The maximum atomic E-state index is 13.3. The number of aliphatic hydroxyl groups excluding tert-OH is 1. The molecule has 1 N–H and O–H groups in total. The molecular weight excluding hydrogens is 392 g/mol. The molecule has 4 heterocycles. The van der Waals surface area contributed by atoms with Gasteiger partial charge in [0.25, 0.3) is 5.91 Å². The zero-order chi connectivity index (χ0) is 21.5. The van der Waals surface area contributed by atoms with Crippen molar-refractivity contribution in [2.75, 3.05) is 19.6 Å². The minimum atomic E-state index is -0.346. The van der Waals surface area contributed by atoms with Gasteiger partial charge < -0.3 is 14.6 Å². The molecular formula is C23H28N6O2. The van der Waals surface area contributed by atoms with E-state index < -0.39 is 0 Å². The second-order valence-corrected chi connectivity index (χ2v) is 8.74. The number of nitrogens with zero attached hydrogens (tertiary/aromatic N) is 6. The van der Waals surface area contributed by atoms with Gasteiger partial charge in [-0.05, 0) is 31.7 Å². The van der Waals surface area contributed by atoms with E-state index >= 15 is 0 Å². The summed E-state index contributed by atoms with van der Waals surface area (Å²) in [5.41, 5.74) is 0.501. The summed E-state index contributed by atoms with van der Waals surface area (Å²) in [4.78, 5) is 21.9. The van der Waals surface area contributed by atoms with Gasteiger partial charge in [0.2, 0.25) is 0 Å². The summed E-state index contributed by atoms with van der Waals surface area (Å²) < 4.78 is 2.15. The largest absolute Gasteiger partial charge is 0.392 e. The number of rotatable bonds is 3. The summed E-state index contributed by atoms with van der Waals surface area (Å²) in [6, 6.07) is 10.2. The molecule has 0 bridgehead atoms. The Hall–Kier alpha value is -2.84. The Labute approximate surface area is 181 Å². The number of carbonyl (C=O) groups excluding carboxylic acids is 1. The molecule has 5 rings (SSSR count). The Bertz CT molecular complexity index is 1110. The third kappa shape index (κ3) is 3.59. The van der Waals surface area contributed by atoms with Crippen molar-refractivity contribution in [3.05, 3.63) is 53.9 Å². The Balaban J connectivity index is 1.39. The average Bonchev–Trinajstić information content (AvgIpc) is 3.29. The second-order valence-electron chi connectivity index (χ2n) is 8.74. The van der Waals surface area contributed by atoms with Gasteiger partial charge in [0.05, 0.1) is 12.1 Å². The molecule has 3 aromatic rings. The highest BCUT2D eigenvalue weighted by molar-refractivity contribution is 6.05. The van der Waals surface area contributed by atoms with E-state index in [0.29, 0.717) is 50.8 Å². The van der Waals surface area contributed by atoms with Gasteiger partial charge in [-0.15, -0.1) is 10.2 Å². The van der Waals surface area contributed by atoms with Gasteiger partial charge in [0, 0.05) is 50.2 Å². The van der Waals surface area contributed by atoms with Crippen molar-refractivity contribution in [1.29, 1.82) is 0 Å². The van der Waals surface area contributed by atoms with E-state index in [0.717, 1.165) is 22.4 Å². The first-order chi connectivity index (χ1) is 15.0. The van der Waals surface area contributed by atoms with Crippen LogP contribution >= 0.6 is 0 Å². The predicted octanol–water partition coefficient (Wildman–Crippen LogP) is 2.04. The van der Waals surface area contributed by atoms with Crippen molar-refractivity contribution in [3.8, 4) is 0 Å². The molecule has 2 aliphatic rings. The summed E-state index contributed by atoms with van der Waals surface area (Å²) in [6.07, 6.45) is 2.67. The molecule has 8 heteroatoms. The van der Waals surface area contributed by atoms with Crippen LogP contribution in [-0.2, 0) is 13.0 Å². The SMILES string of the molecule is CC(C)N1C[C@H](O)C[C@H]1c1nnc2n1CCN(C(=O)c1nccc3ccccc13)CC2. The van der Waals surface area contributed by atoms with Crippen molar-refractivity contribution in [3.63, 3.8) is 0 Å². The van der Waals surface area contributed by atoms with Crippen molar-refractivity contribution in [2.45, 2.75) is 51.4 Å². The number of hydrogen-bond acceptors (Lipinski definition) is 6. The Kier molecular flexibility index (Phi) is 5.19. The first kappa shape index (κ1) is 20.1. The summed E-state index contributed by atoms with van der Waals surface area (Å²) in [6.45, 7) is 6.75. The second kappa shape index (κ2) is 8.01. The topological polar surface area (TPSA) is 87.4 Å². The lowest BCUT2D eigenvalue weighted by Gasteiger charge is -2.27. The van der Waals surface area contributed by atoms with E-state index in [2.05, 4.69) is 38.5 Å². The van der Waals surface area contributed by atoms with Crippen molar-refractivity contribution < 1.29 is 9.90 Å². The smallest absolute Gasteiger partial charge is 0.273 e. The van der Waals surface area contributed by atoms with Crippen LogP contribution in [-0.4, -0.2) is 72.3 Å². The molecule has 2 atom stereocenters. The molecule has 1 fully saturated rings. The Morgan fingerprint density at radius 2 is 1.97 bits per heavy atom. The van der Waals surface area contributed by atoms with Crippen LogP contribution in [0.15, 0.2) is 36.5 Å². The summed E-state index contributed by atoms with van der Waals surface area (Å²) in [7, 11) is 0. The number of pyridine rings is 1. The number of aliphatic hydroxyl groups is 1. The fraction of sp³-hybridized carbons (Fsp3) is 0.478. The highest BCUT2D eigenvalue weighted by atomic mass is 16.3. The van der Waals surface area contributed by atoms with Gasteiger partial charge in [-0.2, -0.15) is 0 Å². The quantitative estimate of drug-likeness (QED) is 0.698.